The van der Waals surface area contributed by atoms with Crippen LogP contribution in [0.15, 0.2) is 18.9 Å². The molecule has 0 saturated heterocycles. The van der Waals surface area contributed by atoms with Gasteiger partial charge in [0.25, 0.3) is 0 Å². The Bertz CT molecular complexity index is 280. The number of hydrogen-bond acceptors (Lipinski definition) is 3. The van der Waals surface area contributed by atoms with E-state index in [4.69, 9.17) is 0 Å². The lowest BCUT2D eigenvalue weighted by Gasteiger charge is -1.96. The average Bonchev–Trinajstić information content (AvgIpc) is 2.70. The van der Waals surface area contributed by atoms with E-state index in [1.807, 2.05) is 6.08 Å². The number of nitrogens with one attached hydrogen (secondary N) is 1. The summed E-state index contributed by atoms with van der Waals surface area (Å²) in [4.78, 5) is 11.4. The van der Waals surface area contributed by atoms with E-state index < -0.39 is 0 Å². The van der Waals surface area contributed by atoms with Gasteiger partial charge in [-0.2, -0.15) is 15.4 Å². The molecule has 0 atom stereocenters. The van der Waals surface area contributed by atoms with Crippen molar-refractivity contribution in [1.29, 1.82) is 0 Å². The second-order valence-corrected chi connectivity index (χ2v) is 3.17. The number of carbonyl (C=O) groups is 1. The molecule has 1 aromatic heterocycles. The molecule has 0 aromatic carbocycles. The molecule has 76 valence electrons. The summed E-state index contributed by atoms with van der Waals surface area (Å²) >= 11 is 0. The number of aromatic amines is 1. The maximum absolute atomic E-state index is 11.4. The third-order valence-electron chi connectivity index (χ3n) is 2.01. The minimum absolute atomic E-state index is 0.0670. The molecule has 1 aromatic rings. The summed E-state index contributed by atoms with van der Waals surface area (Å²) in [5, 5.41) is 9.75. The molecule has 0 amide bonds. The third-order valence-corrected chi connectivity index (χ3v) is 2.01. The maximum atomic E-state index is 11.4. The van der Waals surface area contributed by atoms with Crippen molar-refractivity contribution in [3.05, 3.63) is 24.5 Å². The van der Waals surface area contributed by atoms with Gasteiger partial charge in [-0.3, -0.25) is 4.79 Å². The zero-order chi connectivity index (χ0) is 10.2. The Labute approximate surface area is 83.4 Å². The van der Waals surface area contributed by atoms with Crippen LogP contribution in [0.25, 0.3) is 0 Å². The second kappa shape index (κ2) is 6.07. The van der Waals surface area contributed by atoms with E-state index in [2.05, 4.69) is 22.0 Å². The van der Waals surface area contributed by atoms with Crippen molar-refractivity contribution in [2.45, 2.75) is 32.1 Å². The van der Waals surface area contributed by atoms with Crippen LogP contribution in [0, 0.1) is 0 Å². The van der Waals surface area contributed by atoms with Gasteiger partial charge < -0.3 is 0 Å². The number of carbonyl (C=O) groups excluding carboxylic acids is 1. The van der Waals surface area contributed by atoms with Crippen LogP contribution in [0.1, 0.15) is 42.6 Å². The van der Waals surface area contributed by atoms with Gasteiger partial charge in [0.15, 0.2) is 5.78 Å². The fourth-order valence-corrected chi connectivity index (χ4v) is 1.22. The largest absolute Gasteiger partial charge is 0.292 e. The minimum atomic E-state index is 0.0670. The van der Waals surface area contributed by atoms with E-state index in [0.717, 1.165) is 25.7 Å². The van der Waals surface area contributed by atoms with Crippen LogP contribution in [-0.4, -0.2) is 21.2 Å². The molecule has 1 heterocycles. The van der Waals surface area contributed by atoms with Crippen molar-refractivity contribution in [3.63, 3.8) is 0 Å². The second-order valence-electron chi connectivity index (χ2n) is 3.17. The highest BCUT2D eigenvalue weighted by atomic mass is 16.1. The van der Waals surface area contributed by atoms with Gasteiger partial charge in [-0.25, -0.2) is 0 Å². The van der Waals surface area contributed by atoms with E-state index in [1.165, 1.54) is 6.20 Å². The van der Waals surface area contributed by atoms with E-state index in [9.17, 15) is 4.79 Å². The molecule has 4 heteroatoms. The quantitative estimate of drug-likeness (QED) is 0.410. The van der Waals surface area contributed by atoms with Crippen LogP contribution < -0.4 is 0 Å². The van der Waals surface area contributed by atoms with Gasteiger partial charge in [-0.05, 0) is 19.3 Å². The fourth-order valence-electron chi connectivity index (χ4n) is 1.22. The van der Waals surface area contributed by atoms with Crippen molar-refractivity contribution >= 4 is 5.78 Å². The van der Waals surface area contributed by atoms with Gasteiger partial charge in [-0.15, -0.1) is 6.58 Å². The summed E-state index contributed by atoms with van der Waals surface area (Å²) in [6.07, 6.45) is 8.04. The van der Waals surface area contributed by atoms with Crippen molar-refractivity contribution < 1.29 is 4.79 Å². The fraction of sp³-hybridized carbons (Fsp3) is 0.500. The number of allylic oxidation sites excluding steroid dienone is 1. The van der Waals surface area contributed by atoms with Crippen molar-refractivity contribution in [2.75, 3.05) is 0 Å². The molecular weight excluding hydrogens is 178 g/mol. The first-order valence-corrected chi connectivity index (χ1v) is 4.84. The van der Waals surface area contributed by atoms with Gasteiger partial charge in [0.05, 0.1) is 6.20 Å². The van der Waals surface area contributed by atoms with Gasteiger partial charge >= 0.3 is 0 Å². The number of ketones is 1. The Kier molecular flexibility index (Phi) is 4.61. The number of aromatic nitrogens is 3. The Morgan fingerprint density at radius 1 is 1.50 bits per heavy atom. The van der Waals surface area contributed by atoms with Crippen LogP contribution in [0.4, 0.5) is 0 Å². The Morgan fingerprint density at radius 2 is 2.36 bits per heavy atom. The van der Waals surface area contributed by atoms with Gasteiger partial charge in [-0.1, -0.05) is 12.5 Å². The van der Waals surface area contributed by atoms with Crippen LogP contribution in [0.5, 0.6) is 0 Å². The summed E-state index contributed by atoms with van der Waals surface area (Å²) in [6.45, 7) is 3.64. The van der Waals surface area contributed by atoms with E-state index >= 15 is 0 Å². The Morgan fingerprint density at radius 3 is 3.00 bits per heavy atom. The molecule has 0 aliphatic carbocycles. The first kappa shape index (κ1) is 10.6. The molecule has 0 radical (unpaired) electrons. The molecule has 0 fully saturated rings. The number of nitrogens with zero attached hydrogens (tertiary/aromatic N) is 2. The molecule has 1 N–H and O–H groups in total. The topological polar surface area (TPSA) is 58.6 Å². The van der Waals surface area contributed by atoms with Gasteiger partial charge in [0, 0.05) is 6.42 Å². The van der Waals surface area contributed by atoms with Crippen LogP contribution in [-0.2, 0) is 0 Å². The predicted octanol–water partition coefficient (Wildman–Crippen LogP) is 2.12. The number of Topliss-reactive ketones (excluding diaryl/α,β-unsaturated/α-hetero) is 1. The molecule has 0 unspecified atom stereocenters. The zero-order valence-electron chi connectivity index (χ0n) is 8.20. The molecule has 1 rings (SSSR count). The number of H-pyrrole nitrogens is 1. The van der Waals surface area contributed by atoms with Crippen molar-refractivity contribution in [2.24, 2.45) is 0 Å². The first-order valence-electron chi connectivity index (χ1n) is 4.84. The summed E-state index contributed by atoms with van der Waals surface area (Å²) in [7, 11) is 0. The monoisotopic (exact) mass is 193 g/mol. The van der Waals surface area contributed by atoms with Crippen LogP contribution in [0.2, 0.25) is 0 Å². The molecule has 4 nitrogen and oxygen atoms in total. The van der Waals surface area contributed by atoms with Crippen molar-refractivity contribution in [1.82, 2.24) is 15.4 Å². The van der Waals surface area contributed by atoms with E-state index in [-0.39, 0.29) is 5.78 Å². The maximum Gasteiger partial charge on any atom is 0.184 e. The Balaban J connectivity index is 2.13. The highest BCUT2D eigenvalue weighted by Crippen LogP contribution is 2.06. The third kappa shape index (κ3) is 3.51. The lowest BCUT2D eigenvalue weighted by Crippen LogP contribution is -1.99. The molecule has 14 heavy (non-hydrogen) atoms. The number of hydrogen-bond donors (Lipinski definition) is 1. The molecule has 0 spiro atoms. The molecule has 0 aliphatic rings. The summed E-state index contributed by atoms with van der Waals surface area (Å²) in [5.41, 5.74) is 0.439. The summed E-state index contributed by atoms with van der Waals surface area (Å²) in [5.74, 6) is 0.0670. The predicted molar refractivity (Wildman–Crippen MR) is 54.0 cm³/mol. The number of rotatable bonds is 7. The zero-order valence-corrected chi connectivity index (χ0v) is 8.20. The van der Waals surface area contributed by atoms with Crippen LogP contribution in [0.3, 0.4) is 0 Å². The first-order chi connectivity index (χ1) is 6.84. The minimum Gasteiger partial charge on any atom is -0.292 e. The van der Waals surface area contributed by atoms with Gasteiger partial charge in [0.2, 0.25) is 0 Å². The average molecular weight is 193 g/mol. The highest BCUT2D eigenvalue weighted by molar-refractivity contribution is 5.93. The number of unbranched alkanes of at least 4 members (excludes halogenated alkanes) is 3. The van der Waals surface area contributed by atoms with E-state index in [1.54, 1.807) is 0 Å². The molecule has 0 saturated carbocycles. The highest BCUT2D eigenvalue weighted by Gasteiger charge is 2.07. The lowest BCUT2D eigenvalue weighted by molar-refractivity contribution is 0.0974. The standard InChI is InChI=1S/C10H15N3O/c1-2-3-4-5-6-7-10(14)9-8-11-13-12-9/h2,8H,1,3-7H2,(H,11,12,13). The SMILES string of the molecule is C=CCCCCCC(=O)c1cn[nH]n1. The van der Waals surface area contributed by atoms with E-state index in [0.29, 0.717) is 12.1 Å². The van der Waals surface area contributed by atoms with Crippen molar-refractivity contribution in [3.8, 4) is 0 Å². The normalized spacial score (nSPS) is 10.0. The van der Waals surface area contributed by atoms with Crippen LogP contribution >= 0.6 is 0 Å². The van der Waals surface area contributed by atoms with Gasteiger partial charge in [0.1, 0.15) is 5.69 Å². The molecular formula is C10H15N3O. The Hall–Kier alpha value is -1.45. The molecule has 0 bridgehead atoms. The molecule has 0 aliphatic heterocycles. The lowest BCUT2D eigenvalue weighted by atomic mass is 10.1. The smallest absolute Gasteiger partial charge is 0.184 e. The summed E-state index contributed by atoms with van der Waals surface area (Å²) in [6, 6.07) is 0. The summed E-state index contributed by atoms with van der Waals surface area (Å²) < 4.78 is 0.